The van der Waals surface area contributed by atoms with Crippen molar-refractivity contribution in [3.05, 3.63) is 66.2 Å². The van der Waals surface area contributed by atoms with Crippen LogP contribution in [-0.2, 0) is 0 Å². The van der Waals surface area contributed by atoms with Gasteiger partial charge in [0.15, 0.2) is 22.8 Å². The molecule has 10 nitrogen and oxygen atoms in total. The third-order valence-corrected chi connectivity index (χ3v) is 6.26. The van der Waals surface area contributed by atoms with Crippen LogP contribution >= 0.6 is 0 Å². The minimum absolute atomic E-state index is 0.0638. The highest BCUT2D eigenvalue weighted by atomic mass is 16.5. The van der Waals surface area contributed by atoms with Gasteiger partial charge in [0.1, 0.15) is 5.69 Å². The Labute approximate surface area is 202 Å². The van der Waals surface area contributed by atoms with E-state index in [1.54, 1.807) is 59.1 Å². The lowest BCUT2D eigenvalue weighted by molar-refractivity contribution is 0.0408. The first-order chi connectivity index (χ1) is 17.0. The van der Waals surface area contributed by atoms with Gasteiger partial charge in [-0.05, 0) is 43.3 Å². The van der Waals surface area contributed by atoms with Crippen molar-refractivity contribution in [3.8, 4) is 22.8 Å². The molecule has 4 heterocycles. The predicted molar refractivity (Wildman–Crippen MR) is 129 cm³/mol. The van der Waals surface area contributed by atoms with Gasteiger partial charge >= 0.3 is 0 Å². The van der Waals surface area contributed by atoms with E-state index in [9.17, 15) is 9.59 Å². The van der Waals surface area contributed by atoms with Crippen LogP contribution in [-0.4, -0.2) is 81.1 Å². The fourth-order valence-corrected chi connectivity index (χ4v) is 4.44. The average molecular weight is 475 g/mol. The first-order valence-electron chi connectivity index (χ1n) is 11.3. The summed E-state index contributed by atoms with van der Waals surface area (Å²) in [6, 6.07) is 12.5. The summed E-state index contributed by atoms with van der Waals surface area (Å²) in [5.41, 5.74) is 3.04. The van der Waals surface area contributed by atoms with Gasteiger partial charge in [0, 0.05) is 49.7 Å². The average Bonchev–Trinajstić information content (AvgIpc) is 3.57. The highest BCUT2D eigenvalue weighted by molar-refractivity contribution is 5.95. The van der Waals surface area contributed by atoms with Gasteiger partial charge in [-0.15, -0.1) is 0 Å². The van der Waals surface area contributed by atoms with Crippen molar-refractivity contribution in [2.45, 2.75) is 13.0 Å². The summed E-state index contributed by atoms with van der Waals surface area (Å²) in [4.78, 5) is 36.9. The van der Waals surface area contributed by atoms with Crippen molar-refractivity contribution in [1.82, 2.24) is 29.4 Å². The number of methoxy groups -OCH3 is 2. The summed E-state index contributed by atoms with van der Waals surface area (Å²) in [5.74, 6) is 0.971. The highest BCUT2D eigenvalue weighted by Gasteiger charge is 2.32. The number of aromatic amines is 1. The summed E-state index contributed by atoms with van der Waals surface area (Å²) in [6.45, 7) is 3.25. The summed E-state index contributed by atoms with van der Waals surface area (Å²) in [5, 5.41) is 4.59. The second-order valence-corrected chi connectivity index (χ2v) is 8.38. The molecule has 0 bridgehead atoms. The van der Waals surface area contributed by atoms with Crippen LogP contribution in [0.1, 0.15) is 27.9 Å². The number of carbonyl (C=O) groups excluding carboxylic acids is 2. The molecule has 1 N–H and O–H groups in total. The summed E-state index contributed by atoms with van der Waals surface area (Å²) < 4.78 is 12.4. The monoisotopic (exact) mass is 474 g/mol. The zero-order valence-corrected chi connectivity index (χ0v) is 19.8. The van der Waals surface area contributed by atoms with Gasteiger partial charge in [0.25, 0.3) is 11.8 Å². The summed E-state index contributed by atoms with van der Waals surface area (Å²) in [6.07, 6.45) is 3.41. The van der Waals surface area contributed by atoms with Gasteiger partial charge in [-0.3, -0.25) is 9.59 Å². The van der Waals surface area contributed by atoms with E-state index in [1.807, 2.05) is 31.2 Å². The molecule has 10 heteroatoms. The van der Waals surface area contributed by atoms with Crippen molar-refractivity contribution in [2.24, 2.45) is 0 Å². The van der Waals surface area contributed by atoms with E-state index < -0.39 is 0 Å². The molecular weight excluding hydrogens is 448 g/mol. The normalized spacial score (nSPS) is 15.9. The summed E-state index contributed by atoms with van der Waals surface area (Å²) >= 11 is 0. The number of aromatic nitrogens is 4. The first-order valence-corrected chi connectivity index (χ1v) is 11.3. The van der Waals surface area contributed by atoms with Crippen molar-refractivity contribution < 1.29 is 19.1 Å². The Balaban J connectivity index is 1.38. The molecule has 5 rings (SSSR count). The Morgan fingerprint density at radius 2 is 1.86 bits per heavy atom. The molecule has 0 spiro atoms. The third-order valence-electron chi connectivity index (χ3n) is 6.26. The minimum atomic E-state index is -0.187. The quantitative estimate of drug-likeness (QED) is 0.477. The molecule has 1 aliphatic rings. The van der Waals surface area contributed by atoms with E-state index in [0.29, 0.717) is 48.2 Å². The zero-order chi connectivity index (χ0) is 24.5. The summed E-state index contributed by atoms with van der Waals surface area (Å²) in [7, 11) is 3.17. The Morgan fingerprint density at radius 3 is 2.57 bits per heavy atom. The second-order valence-electron chi connectivity index (χ2n) is 8.38. The number of ether oxygens (including phenoxy) is 2. The van der Waals surface area contributed by atoms with E-state index in [4.69, 9.17) is 9.47 Å². The molecule has 0 aliphatic carbocycles. The Kier molecular flexibility index (Phi) is 5.86. The van der Waals surface area contributed by atoms with Crippen LogP contribution in [0.2, 0.25) is 0 Å². The molecule has 0 radical (unpaired) electrons. The lowest BCUT2D eigenvalue weighted by atomic mass is 10.1. The third kappa shape index (κ3) is 4.07. The van der Waals surface area contributed by atoms with E-state index >= 15 is 0 Å². The van der Waals surface area contributed by atoms with Crippen molar-refractivity contribution in [2.75, 3.05) is 33.9 Å². The van der Waals surface area contributed by atoms with Crippen LogP contribution in [0.5, 0.6) is 11.5 Å². The lowest BCUT2D eigenvalue weighted by Crippen LogP contribution is -2.55. The van der Waals surface area contributed by atoms with E-state index in [0.717, 1.165) is 11.3 Å². The van der Waals surface area contributed by atoms with Crippen LogP contribution < -0.4 is 9.47 Å². The molecule has 0 saturated carbocycles. The van der Waals surface area contributed by atoms with Gasteiger partial charge in [0.05, 0.1) is 19.9 Å². The number of piperazine rings is 1. The molecule has 1 aliphatic heterocycles. The number of carbonyl (C=O) groups is 2. The van der Waals surface area contributed by atoms with Gasteiger partial charge in [-0.1, -0.05) is 0 Å². The van der Waals surface area contributed by atoms with Crippen LogP contribution in [0, 0.1) is 0 Å². The number of fused-ring (bicyclic) bond motifs is 1. The van der Waals surface area contributed by atoms with Crippen molar-refractivity contribution in [1.29, 1.82) is 0 Å². The van der Waals surface area contributed by atoms with Crippen LogP contribution in [0.15, 0.2) is 54.9 Å². The fraction of sp³-hybridized carbons (Fsp3) is 0.280. The molecule has 1 aromatic carbocycles. The molecule has 3 aromatic heterocycles. The van der Waals surface area contributed by atoms with Crippen molar-refractivity contribution >= 4 is 17.5 Å². The van der Waals surface area contributed by atoms with Gasteiger partial charge in [0.2, 0.25) is 0 Å². The largest absolute Gasteiger partial charge is 0.493 e. The molecule has 1 saturated heterocycles. The number of rotatable bonds is 5. The zero-order valence-electron chi connectivity index (χ0n) is 19.8. The molecule has 180 valence electrons. The minimum Gasteiger partial charge on any atom is -0.493 e. The Morgan fingerprint density at radius 1 is 1.03 bits per heavy atom. The predicted octanol–water partition coefficient (Wildman–Crippen LogP) is 2.73. The topological polar surface area (TPSA) is 105 Å². The number of hydrogen-bond acceptors (Lipinski definition) is 6. The second kappa shape index (κ2) is 9.13. The van der Waals surface area contributed by atoms with Gasteiger partial charge < -0.3 is 24.3 Å². The van der Waals surface area contributed by atoms with Crippen LogP contribution in [0.4, 0.5) is 0 Å². The maximum Gasteiger partial charge on any atom is 0.274 e. The van der Waals surface area contributed by atoms with Crippen molar-refractivity contribution in [3.63, 3.8) is 0 Å². The van der Waals surface area contributed by atoms with E-state index in [-0.39, 0.29) is 17.9 Å². The highest BCUT2D eigenvalue weighted by Crippen LogP contribution is 2.32. The molecule has 0 unspecified atom stereocenters. The Bertz CT molecular complexity index is 1380. The molecule has 35 heavy (non-hydrogen) atoms. The standard InChI is InChI=1S/C25H26N6O4/c1-16-15-29(11-12-30(16)25(33)18-5-4-9-26-18)24(32)19-14-23-27-10-8-20(31(23)28-19)17-6-7-21(34-2)22(13-17)35-3/h4-10,13-14,16,26H,11-12,15H2,1-3H3/t16-/m0/s1. The molecular formula is C25H26N6O4. The van der Waals surface area contributed by atoms with Crippen LogP contribution in [0.25, 0.3) is 16.9 Å². The van der Waals surface area contributed by atoms with Crippen LogP contribution in [0.3, 0.4) is 0 Å². The van der Waals surface area contributed by atoms with Gasteiger partial charge in [-0.2, -0.15) is 5.10 Å². The first kappa shape index (κ1) is 22.5. The fourth-order valence-electron chi connectivity index (χ4n) is 4.44. The maximum atomic E-state index is 13.3. The van der Waals surface area contributed by atoms with Gasteiger partial charge in [-0.25, -0.2) is 9.50 Å². The number of benzene rings is 1. The molecule has 2 amide bonds. The van der Waals surface area contributed by atoms with E-state index in [1.165, 1.54) is 0 Å². The lowest BCUT2D eigenvalue weighted by Gasteiger charge is -2.39. The maximum absolute atomic E-state index is 13.3. The molecule has 1 atom stereocenters. The Hall–Kier alpha value is -4.34. The molecule has 4 aromatic rings. The number of hydrogen-bond donors (Lipinski definition) is 1. The number of nitrogens with zero attached hydrogens (tertiary/aromatic N) is 5. The van der Waals surface area contributed by atoms with E-state index in [2.05, 4.69) is 15.1 Å². The number of nitrogens with one attached hydrogen (secondary N) is 1. The number of amides is 2. The molecule has 1 fully saturated rings. The number of H-pyrrole nitrogens is 1. The smallest absolute Gasteiger partial charge is 0.274 e. The SMILES string of the molecule is COc1ccc(-c2ccnc3cc(C(=O)N4CCN(C(=O)c5ccc[nH]5)[C@@H](C)C4)nn23)cc1OC.